The van der Waals surface area contributed by atoms with Gasteiger partial charge in [-0.25, -0.2) is 0 Å². The van der Waals surface area contributed by atoms with Gasteiger partial charge in [-0.1, -0.05) is 30.3 Å². The van der Waals surface area contributed by atoms with Crippen molar-refractivity contribution in [1.82, 2.24) is 5.32 Å². The van der Waals surface area contributed by atoms with Crippen LogP contribution in [-0.2, 0) is 11.2 Å². The first-order valence-corrected chi connectivity index (χ1v) is 10.3. The molecule has 148 valence electrons. The molecule has 2 aliphatic rings. The van der Waals surface area contributed by atoms with Gasteiger partial charge in [0.05, 0.1) is 48.7 Å². The second-order valence-corrected chi connectivity index (χ2v) is 9.06. The molecule has 2 fully saturated rings. The largest absolute Gasteiger partial charge is 0.366 e. The van der Waals surface area contributed by atoms with Gasteiger partial charge >= 0.3 is 5.66 Å². The summed E-state index contributed by atoms with van der Waals surface area (Å²) in [6.07, 6.45) is 2.52. The number of nitrogens with zero attached hydrogens (tertiary/aromatic N) is 2. The number of alkyl halides is 2. The lowest BCUT2D eigenvalue weighted by molar-refractivity contribution is -1.04. The number of hydrogen-bond acceptors (Lipinski definition) is 3. The number of likely N-dealkylation sites (N-methyl/N-ethyl adjacent to an activating group) is 1. The highest BCUT2D eigenvalue weighted by Gasteiger charge is 2.69. The number of benzene rings is 1. The molecule has 0 radical (unpaired) electrons. The van der Waals surface area contributed by atoms with Crippen molar-refractivity contribution in [3.05, 3.63) is 46.0 Å². The molecule has 4 atom stereocenters. The van der Waals surface area contributed by atoms with Crippen molar-refractivity contribution in [3.8, 4) is 0 Å². The molecule has 1 heterocycles. The van der Waals surface area contributed by atoms with Crippen molar-refractivity contribution in [3.63, 3.8) is 0 Å². The molecule has 1 aromatic rings. The predicted octanol–water partition coefficient (Wildman–Crippen LogP) is 2.94. The van der Waals surface area contributed by atoms with Crippen LogP contribution in [0.3, 0.4) is 0 Å². The maximum absolute atomic E-state index is 12.7. The maximum Gasteiger partial charge on any atom is 0.366 e. The molecule has 0 bridgehead atoms. The van der Waals surface area contributed by atoms with Crippen LogP contribution in [0.5, 0.6) is 0 Å². The quantitative estimate of drug-likeness (QED) is 0.348. The fourth-order valence-corrected chi connectivity index (χ4v) is 5.33. The van der Waals surface area contributed by atoms with E-state index in [2.05, 4.69) is 5.32 Å². The molecule has 3 rings (SSSR count). The molecular weight excluding hydrogens is 389 g/mol. The molecule has 1 aliphatic carbocycles. The number of amides is 1. The number of hydrogen-bond donors (Lipinski definition) is 1. The van der Waals surface area contributed by atoms with E-state index in [9.17, 15) is 14.9 Å². The van der Waals surface area contributed by atoms with E-state index in [1.165, 1.54) is 0 Å². The highest BCUT2D eigenvalue weighted by molar-refractivity contribution is 6.30. The van der Waals surface area contributed by atoms with Gasteiger partial charge in [-0.3, -0.25) is 19.4 Å². The number of rotatable bonds is 5. The summed E-state index contributed by atoms with van der Waals surface area (Å²) in [7, 11) is 1.92. The molecule has 1 saturated carbocycles. The van der Waals surface area contributed by atoms with Crippen molar-refractivity contribution in [1.29, 1.82) is 0 Å². The van der Waals surface area contributed by atoms with Gasteiger partial charge in [-0.05, 0) is 12.0 Å². The molecule has 2 unspecified atom stereocenters. The Bertz CT molecular complexity index is 697. The minimum Gasteiger partial charge on any atom is -0.340 e. The minimum atomic E-state index is -1.35. The Balaban J connectivity index is 1.88. The predicted molar refractivity (Wildman–Crippen MR) is 105 cm³/mol. The smallest absolute Gasteiger partial charge is 0.340 e. The topological polar surface area (TPSA) is 72.2 Å². The number of carbonyl (C=O) groups is 1. The molecular formula is C19H26Cl2N3O3+. The van der Waals surface area contributed by atoms with E-state index in [4.69, 9.17) is 23.2 Å². The van der Waals surface area contributed by atoms with Crippen molar-refractivity contribution in [2.75, 3.05) is 20.1 Å². The molecule has 0 aromatic heterocycles. The van der Waals surface area contributed by atoms with Gasteiger partial charge in [-0.2, -0.15) is 0 Å². The van der Waals surface area contributed by atoms with E-state index >= 15 is 0 Å². The summed E-state index contributed by atoms with van der Waals surface area (Å²) < 4.78 is 0.295. The summed E-state index contributed by atoms with van der Waals surface area (Å²) >= 11 is 12.8. The Hall–Kier alpha value is -1.37. The average molecular weight is 415 g/mol. The highest BCUT2D eigenvalue weighted by atomic mass is 35.5. The zero-order chi connectivity index (χ0) is 19.7. The van der Waals surface area contributed by atoms with E-state index in [0.29, 0.717) is 24.0 Å². The summed E-state index contributed by atoms with van der Waals surface area (Å²) in [6, 6.07) is 8.71. The first-order valence-electron chi connectivity index (χ1n) is 9.39. The van der Waals surface area contributed by atoms with Crippen LogP contribution in [0.2, 0.25) is 0 Å². The third-order valence-electron chi connectivity index (χ3n) is 6.25. The third-order valence-corrected chi connectivity index (χ3v) is 7.32. The fourth-order valence-electron chi connectivity index (χ4n) is 4.74. The molecule has 6 nitrogen and oxygen atoms in total. The van der Waals surface area contributed by atoms with Gasteiger partial charge in [0.15, 0.2) is 6.04 Å². The van der Waals surface area contributed by atoms with E-state index < -0.39 is 22.5 Å². The third kappa shape index (κ3) is 3.80. The number of quaternary nitrogens is 1. The Morgan fingerprint density at radius 1 is 1.26 bits per heavy atom. The van der Waals surface area contributed by atoms with Crippen molar-refractivity contribution in [2.24, 2.45) is 0 Å². The molecule has 8 heteroatoms. The Kier molecular flexibility index (Phi) is 5.99. The van der Waals surface area contributed by atoms with E-state index in [1.807, 2.05) is 37.4 Å². The molecule has 0 spiro atoms. The number of nitrogens with one attached hydrogen (secondary N) is 1. The summed E-state index contributed by atoms with van der Waals surface area (Å²) in [6.45, 7) is 1.42. The summed E-state index contributed by atoms with van der Waals surface area (Å²) in [4.78, 5) is 24.9. The second-order valence-electron chi connectivity index (χ2n) is 7.94. The van der Waals surface area contributed by atoms with Crippen LogP contribution in [-0.4, -0.2) is 57.9 Å². The van der Waals surface area contributed by atoms with E-state index in [1.54, 1.807) is 0 Å². The van der Waals surface area contributed by atoms with Crippen molar-refractivity contribution < 1.29 is 14.2 Å². The van der Waals surface area contributed by atoms with Gasteiger partial charge in [0, 0.05) is 12.8 Å². The summed E-state index contributed by atoms with van der Waals surface area (Å²) in [5.74, 6) is -0.222. The van der Waals surface area contributed by atoms with Crippen LogP contribution in [0.1, 0.15) is 31.2 Å². The number of nitro groups is 1. The Morgan fingerprint density at radius 2 is 1.89 bits per heavy atom. The second kappa shape index (κ2) is 7.94. The summed E-state index contributed by atoms with van der Waals surface area (Å²) in [5, 5.41) is 14.5. The van der Waals surface area contributed by atoms with Crippen LogP contribution in [0.25, 0.3) is 0 Å². The average Bonchev–Trinajstić information content (AvgIpc) is 3.06. The Morgan fingerprint density at radius 3 is 2.48 bits per heavy atom. The van der Waals surface area contributed by atoms with Crippen LogP contribution in [0, 0.1) is 10.1 Å². The summed E-state index contributed by atoms with van der Waals surface area (Å²) in [5.41, 5.74) is -0.475. The zero-order valence-electron chi connectivity index (χ0n) is 15.4. The van der Waals surface area contributed by atoms with Gasteiger partial charge in [0.2, 0.25) is 5.91 Å². The van der Waals surface area contributed by atoms with E-state index in [0.717, 1.165) is 18.4 Å². The van der Waals surface area contributed by atoms with Crippen molar-refractivity contribution in [2.45, 2.75) is 54.6 Å². The number of carbonyl (C=O) groups excluding carboxylic acids is 1. The first-order chi connectivity index (χ1) is 12.8. The number of likely N-dealkylation sites (tertiary alicyclic amines) is 1. The fraction of sp³-hybridized carbons (Fsp3) is 0.632. The first kappa shape index (κ1) is 20.4. The van der Waals surface area contributed by atoms with Crippen LogP contribution in [0.15, 0.2) is 30.3 Å². The van der Waals surface area contributed by atoms with E-state index in [-0.39, 0.29) is 23.7 Å². The van der Waals surface area contributed by atoms with Gasteiger partial charge < -0.3 is 5.32 Å². The molecule has 1 aromatic carbocycles. The van der Waals surface area contributed by atoms with Gasteiger partial charge in [0.25, 0.3) is 0 Å². The molecule has 1 saturated heterocycles. The molecule has 27 heavy (non-hydrogen) atoms. The van der Waals surface area contributed by atoms with Gasteiger partial charge in [-0.15, -0.1) is 23.2 Å². The molecule has 1 N–H and O–H groups in total. The minimum absolute atomic E-state index is 0.155. The van der Waals surface area contributed by atoms with Crippen LogP contribution >= 0.6 is 23.2 Å². The monoisotopic (exact) mass is 414 g/mol. The standard InChI is InChI=1S/C19H25Cl2N3O3/c1-24(9-5-6-10-24)19(23(26)27)13-16(21)15(20)12-17(19)22-18(25)11-14-7-3-2-4-8-14/h2-4,7-8,15-17H,5-6,9-13H2,1H3/p+1/t15?,16-,17?,19-/m1/s1. The lowest BCUT2D eigenvalue weighted by atomic mass is 9.81. The van der Waals surface area contributed by atoms with Crippen LogP contribution in [0.4, 0.5) is 0 Å². The van der Waals surface area contributed by atoms with Crippen molar-refractivity contribution >= 4 is 29.1 Å². The van der Waals surface area contributed by atoms with Gasteiger partial charge in [0.1, 0.15) is 0 Å². The molecule has 1 amide bonds. The maximum atomic E-state index is 12.7. The van der Waals surface area contributed by atoms with Crippen LogP contribution < -0.4 is 5.32 Å². The number of halogens is 2. The Labute approximate surface area is 169 Å². The normalized spacial score (nSPS) is 32.8. The lowest BCUT2D eigenvalue weighted by Crippen LogP contribution is -2.76. The SMILES string of the molecule is C[N+]1([C@]2([N+](=O)[O-])C[C@@H](Cl)C(Cl)CC2NC(=O)Cc2ccccc2)CCCC1. The zero-order valence-corrected chi connectivity index (χ0v) is 17.0. The lowest BCUT2D eigenvalue weighted by Gasteiger charge is -2.49. The molecule has 1 aliphatic heterocycles. The highest BCUT2D eigenvalue weighted by Crippen LogP contribution is 2.44.